The molecule has 2 N–H and O–H groups in total. The summed E-state index contributed by atoms with van der Waals surface area (Å²) >= 11 is 0. The van der Waals surface area contributed by atoms with E-state index in [1.807, 2.05) is 44.2 Å². The summed E-state index contributed by atoms with van der Waals surface area (Å²) in [5.41, 5.74) is 8.07. The number of halogens is 1. The molecule has 0 aliphatic rings. The molecule has 18 heavy (non-hydrogen) atoms. The lowest BCUT2D eigenvalue weighted by Gasteiger charge is -2.31. The highest BCUT2D eigenvalue weighted by Crippen LogP contribution is 2.33. The van der Waals surface area contributed by atoms with Gasteiger partial charge in [0.15, 0.2) is 0 Å². The van der Waals surface area contributed by atoms with Crippen LogP contribution in [0.25, 0.3) is 0 Å². The van der Waals surface area contributed by atoms with Crippen LogP contribution in [0.15, 0.2) is 54.6 Å². The highest BCUT2D eigenvalue weighted by molar-refractivity contribution is 5.36. The molecule has 1 nitrogen and oxygen atoms in total. The van der Waals surface area contributed by atoms with Crippen LogP contribution in [0.1, 0.15) is 30.9 Å². The summed E-state index contributed by atoms with van der Waals surface area (Å²) in [5, 5.41) is 0. The minimum Gasteiger partial charge on any atom is -0.325 e. The molecule has 1 atom stereocenters. The van der Waals surface area contributed by atoms with Gasteiger partial charge in [-0.05, 0) is 37.1 Å². The van der Waals surface area contributed by atoms with Gasteiger partial charge in [0.25, 0.3) is 0 Å². The first-order valence-electron chi connectivity index (χ1n) is 6.08. The Labute approximate surface area is 107 Å². The Hall–Kier alpha value is -1.67. The molecule has 2 heteroatoms. The molecule has 94 valence electrons. The molecular formula is C16H18FN. The van der Waals surface area contributed by atoms with Crippen LogP contribution in [-0.2, 0) is 0 Å². The molecule has 0 bridgehead atoms. The third-order valence-corrected chi connectivity index (χ3v) is 3.08. The number of rotatable bonds is 3. The van der Waals surface area contributed by atoms with E-state index >= 15 is 0 Å². The van der Waals surface area contributed by atoms with E-state index < -0.39 is 5.54 Å². The highest BCUT2D eigenvalue weighted by atomic mass is 19.1. The van der Waals surface area contributed by atoms with Gasteiger partial charge in [-0.15, -0.1) is 0 Å². The molecule has 0 aromatic heterocycles. The van der Waals surface area contributed by atoms with E-state index in [9.17, 15) is 4.39 Å². The molecule has 0 spiro atoms. The van der Waals surface area contributed by atoms with Gasteiger partial charge in [-0.2, -0.15) is 0 Å². The fraction of sp³-hybridized carbons (Fsp3) is 0.250. The summed E-state index contributed by atoms with van der Waals surface area (Å²) in [6.45, 7) is 3.99. The Morgan fingerprint density at radius 1 is 0.889 bits per heavy atom. The summed E-state index contributed by atoms with van der Waals surface area (Å²) in [4.78, 5) is 0. The maximum atomic E-state index is 13.0. The Bertz CT molecular complexity index is 497. The predicted octanol–water partition coefficient (Wildman–Crippen LogP) is 3.69. The van der Waals surface area contributed by atoms with Crippen molar-refractivity contribution in [2.45, 2.75) is 25.3 Å². The van der Waals surface area contributed by atoms with Gasteiger partial charge in [0.2, 0.25) is 0 Å². The Morgan fingerprint density at radius 2 is 1.39 bits per heavy atom. The van der Waals surface area contributed by atoms with Gasteiger partial charge in [-0.1, -0.05) is 42.5 Å². The Balaban J connectivity index is 2.47. The monoisotopic (exact) mass is 243 g/mol. The fourth-order valence-corrected chi connectivity index (χ4v) is 2.35. The number of benzene rings is 2. The minimum absolute atomic E-state index is 0.0549. The zero-order chi connectivity index (χ0) is 13.2. The standard InChI is InChI=1S/C16H18FN/c1-16(2,18)15(12-6-4-3-5-7-12)13-8-10-14(17)11-9-13/h3-11,15H,18H2,1-2H3. The normalized spacial score (nSPS) is 13.3. The first kappa shape index (κ1) is 12.8. The first-order valence-corrected chi connectivity index (χ1v) is 6.08. The maximum absolute atomic E-state index is 13.0. The zero-order valence-electron chi connectivity index (χ0n) is 10.7. The van der Waals surface area contributed by atoms with Crippen LogP contribution in [0.5, 0.6) is 0 Å². The van der Waals surface area contributed by atoms with Crippen LogP contribution in [0, 0.1) is 5.82 Å². The van der Waals surface area contributed by atoms with Gasteiger partial charge >= 0.3 is 0 Å². The summed E-state index contributed by atoms with van der Waals surface area (Å²) in [6, 6.07) is 16.7. The molecule has 0 heterocycles. The number of hydrogen-bond acceptors (Lipinski definition) is 1. The van der Waals surface area contributed by atoms with E-state index in [4.69, 9.17) is 5.73 Å². The Morgan fingerprint density at radius 3 is 1.89 bits per heavy atom. The van der Waals surface area contributed by atoms with Crippen molar-refractivity contribution in [1.82, 2.24) is 0 Å². The van der Waals surface area contributed by atoms with E-state index in [-0.39, 0.29) is 11.7 Å². The average molecular weight is 243 g/mol. The average Bonchev–Trinajstić information content (AvgIpc) is 2.32. The van der Waals surface area contributed by atoms with Crippen molar-refractivity contribution in [1.29, 1.82) is 0 Å². The van der Waals surface area contributed by atoms with Crippen molar-refractivity contribution >= 4 is 0 Å². The molecule has 0 saturated heterocycles. The number of nitrogens with two attached hydrogens (primary N) is 1. The quantitative estimate of drug-likeness (QED) is 0.874. The van der Waals surface area contributed by atoms with Crippen molar-refractivity contribution in [3.8, 4) is 0 Å². The van der Waals surface area contributed by atoms with E-state index in [1.54, 1.807) is 0 Å². The van der Waals surface area contributed by atoms with Crippen LogP contribution in [-0.4, -0.2) is 5.54 Å². The minimum atomic E-state index is -0.404. The third-order valence-electron chi connectivity index (χ3n) is 3.08. The second kappa shape index (κ2) is 4.91. The fourth-order valence-electron chi connectivity index (χ4n) is 2.35. The second-order valence-electron chi connectivity index (χ2n) is 5.22. The van der Waals surface area contributed by atoms with Crippen LogP contribution in [0.3, 0.4) is 0 Å². The van der Waals surface area contributed by atoms with Gasteiger partial charge in [-0.3, -0.25) is 0 Å². The first-order chi connectivity index (χ1) is 8.48. The van der Waals surface area contributed by atoms with Crippen molar-refractivity contribution in [2.24, 2.45) is 5.73 Å². The van der Waals surface area contributed by atoms with Gasteiger partial charge < -0.3 is 5.73 Å². The van der Waals surface area contributed by atoms with Crippen molar-refractivity contribution < 1.29 is 4.39 Å². The molecule has 0 aliphatic heterocycles. The zero-order valence-corrected chi connectivity index (χ0v) is 10.7. The summed E-state index contributed by atoms with van der Waals surface area (Å²) in [5.74, 6) is -0.167. The van der Waals surface area contributed by atoms with Crippen molar-refractivity contribution in [2.75, 3.05) is 0 Å². The van der Waals surface area contributed by atoms with E-state index in [0.717, 1.165) is 11.1 Å². The van der Waals surface area contributed by atoms with E-state index in [2.05, 4.69) is 12.1 Å². The van der Waals surface area contributed by atoms with Crippen molar-refractivity contribution in [3.63, 3.8) is 0 Å². The third kappa shape index (κ3) is 2.77. The summed E-state index contributed by atoms with van der Waals surface area (Å²) in [7, 11) is 0. The molecule has 0 aliphatic carbocycles. The lowest BCUT2D eigenvalue weighted by molar-refractivity contribution is 0.456. The van der Waals surface area contributed by atoms with Crippen LogP contribution < -0.4 is 5.73 Å². The highest BCUT2D eigenvalue weighted by Gasteiger charge is 2.28. The van der Waals surface area contributed by atoms with Gasteiger partial charge in [-0.25, -0.2) is 4.39 Å². The molecule has 2 rings (SSSR count). The SMILES string of the molecule is CC(C)(N)C(c1ccccc1)c1ccc(F)cc1. The largest absolute Gasteiger partial charge is 0.325 e. The molecular weight excluding hydrogens is 225 g/mol. The van der Waals surface area contributed by atoms with Crippen LogP contribution in [0.4, 0.5) is 4.39 Å². The second-order valence-corrected chi connectivity index (χ2v) is 5.22. The summed E-state index contributed by atoms with van der Waals surface area (Å²) < 4.78 is 13.0. The summed E-state index contributed by atoms with van der Waals surface area (Å²) in [6.07, 6.45) is 0. The van der Waals surface area contributed by atoms with E-state index in [0.29, 0.717) is 0 Å². The maximum Gasteiger partial charge on any atom is 0.123 e. The van der Waals surface area contributed by atoms with Crippen LogP contribution >= 0.6 is 0 Å². The molecule has 0 saturated carbocycles. The molecule has 2 aromatic carbocycles. The lowest BCUT2D eigenvalue weighted by atomic mass is 9.78. The number of hydrogen-bond donors (Lipinski definition) is 1. The molecule has 0 amide bonds. The van der Waals surface area contributed by atoms with Gasteiger partial charge in [0.05, 0.1) is 0 Å². The molecule has 0 fully saturated rings. The van der Waals surface area contributed by atoms with E-state index in [1.165, 1.54) is 12.1 Å². The smallest absolute Gasteiger partial charge is 0.123 e. The van der Waals surface area contributed by atoms with Gasteiger partial charge in [0, 0.05) is 11.5 Å². The topological polar surface area (TPSA) is 26.0 Å². The molecule has 1 unspecified atom stereocenters. The van der Waals surface area contributed by atoms with Crippen molar-refractivity contribution in [3.05, 3.63) is 71.5 Å². The van der Waals surface area contributed by atoms with Crippen LogP contribution in [0.2, 0.25) is 0 Å². The predicted molar refractivity (Wildman–Crippen MR) is 73.0 cm³/mol. The Kier molecular flexibility index (Phi) is 3.48. The van der Waals surface area contributed by atoms with Gasteiger partial charge in [0.1, 0.15) is 5.82 Å². The molecule has 0 radical (unpaired) electrons. The lowest BCUT2D eigenvalue weighted by Crippen LogP contribution is -2.39. The molecule has 2 aromatic rings.